The highest BCUT2D eigenvalue weighted by Gasteiger charge is 2.21. The summed E-state index contributed by atoms with van der Waals surface area (Å²) < 4.78 is 11.1. The summed E-state index contributed by atoms with van der Waals surface area (Å²) >= 11 is 0. The molecule has 0 aliphatic carbocycles. The van der Waals surface area contributed by atoms with Crippen molar-refractivity contribution in [3.63, 3.8) is 0 Å². The van der Waals surface area contributed by atoms with E-state index in [-0.39, 0.29) is 24.9 Å². The highest BCUT2D eigenvalue weighted by molar-refractivity contribution is 4.68. The van der Waals surface area contributed by atoms with Gasteiger partial charge in [0, 0.05) is 19.1 Å². The van der Waals surface area contributed by atoms with Crippen molar-refractivity contribution >= 4 is 0 Å². The summed E-state index contributed by atoms with van der Waals surface area (Å²) in [4.78, 5) is 0. The Labute approximate surface area is 93.8 Å². The van der Waals surface area contributed by atoms with Crippen LogP contribution in [-0.2, 0) is 9.47 Å². The number of hydrogen-bond acceptors (Lipinski definition) is 3. The molecule has 92 valence electrons. The van der Waals surface area contributed by atoms with E-state index in [0.29, 0.717) is 6.61 Å². The lowest BCUT2D eigenvalue weighted by molar-refractivity contribution is -0.174. The standard InChI is InChI=1S/C12H26O3/c1-5-8-11(9-13)12(6-2)15-10(4)14-7-3/h10-13H,5-9H2,1-4H3/t10?,11-,12-/m0/s1. The highest BCUT2D eigenvalue weighted by Crippen LogP contribution is 2.18. The summed E-state index contributed by atoms with van der Waals surface area (Å²) in [7, 11) is 0. The first kappa shape index (κ1) is 14.9. The van der Waals surface area contributed by atoms with Gasteiger partial charge in [-0.3, -0.25) is 0 Å². The predicted octanol–water partition coefficient (Wildman–Crippen LogP) is 2.57. The lowest BCUT2D eigenvalue weighted by Gasteiger charge is -2.27. The van der Waals surface area contributed by atoms with Crippen molar-refractivity contribution in [1.29, 1.82) is 0 Å². The zero-order valence-corrected chi connectivity index (χ0v) is 10.5. The lowest BCUT2D eigenvalue weighted by Crippen LogP contribution is -2.30. The molecule has 0 heterocycles. The summed E-state index contributed by atoms with van der Waals surface area (Å²) in [6.07, 6.45) is 2.94. The molecule has 0 saturated carbocycles. The molecule has 0 spiro atoms. The molecule has 0 aromatic heterocycles. The van der Waals surface area contributed by atoms with Gasteiger partial charge in [-0.2, -0.15) is 0 Å². The van der Waals surface area contributed by atoms with Crippen molar-refractivity contribution in [3.8, 4) is 0 Å². The molecule has 0 radical (unpaired) electrons. The van der Waals surface area contributed by atoms with Gasteiger partial charge in [0.25, 0.3) is 0 Å². The minimum atomic E-state index is -0.175. The molecular weight excluding hydrogens is 192 g/mol. The van der Waals surface area contributed by atoms with Gasteiger partial charge in [0.15, 0.2) is 6.29 Å². The first-order valence-electron chi connectivity index (χ1n) is 6.07. The second-order valence-corrected chi connectivity index (χ2v) is 3.84. The Hall–Kier alpha value is -0.120. The minimum absolute atomic E-state index is 0.108. The molecule has 0 aromatic carbocycles. The average Bonchev–Trinajstić information content (AvgIpc) is 2.23. The molecule has 0 aliphatic rings. The van der Waals surface area contributed by atoms with Crippen LogP contribution in [0.3, 0.4) is 0 Å². The van der Waals surface area contributed by atoms with E-state index in [1.54, 1.807) is 0 Å². The summed E-state index contributed by atoms with van der Waals surface area (Å²) in [6.45, 7) is 8.94. The molecule has 1 unspecified atom stereocenters. The third-order valence-electron chi connectivity index (χ3n) is 2.59. The Morgan fingerprint density at radius 1 is 1.20 bits per heavy atom. The van der Waals surface area contributed by atoms with E-state index in [2.05, 4.69) is 13.8 Å². The molecule has 0 fully saturated rings. The normalized spacial score (nSPS) is 17.4. The zero-order valence-electron chi connectivity index (χ0n) is 10.5. The maximum atomic E-state index is 9.28. The summed E-state index contributed by atoms with van der Waals surface area (Å²) in [5, 5.41) is 9.28. The van der Waals surface area contributed by atoms with Gasteiger partial charge in [0.05, 0.1) is 6.10 Å². The van der Waals surface area contributed by atoms with E-state index in [4.69, 9.17) is 9.47 Å². The lowest BCUT2D eigenvalue weighted by atomic mass is 9.96. The Morgan fingerprint density at radius 2 is 1.87 bits per heavy atom. The first-order valence-corrected chi connectivity index (χ1v) is 6.07. The van der Waals surface area contributed by atoms with Gasteiger partial charge in [-0.15, -0.1) is 0 Å². The smallest absolute Gasteiger partial charge is 0.155 e. The Balaban J connectivity index is 4.07. The zero-order chi connectivity index (χ0) is 11.7. The molecule has 3 nitrogen and oxygen atoms in total. The summed E-state index contributed by atoms with van der Waals surface area (Å²) in [5.74, 6) is 0.239. The molecule has 0 rings (SSSR count). The van der Waals surface area contributed by atoms with Gasteiger partial charge in [-0.25, -0.2) is 0 Å². The molecular formula is C12H26O3. The number of aliphatic hydroxyl groups is 1. The monoisotopic (exact) mass is 218 g/mol. The quantitative estimate of drug-likeness (QED) is 0.604. The molecule has 0 aliphatic heterocycles. The van der Waals surface area contributed by atoms with Crippen LogP contribution in [0.5, 0.6) is 0 Å². The van der Waals surface area contributed by atoms with E-state index >= 15 is 0 Å². The van der Waals surface area contributed by atoms with Crippen LogP contribution in [0, 0.1) is 5.92 Å². The number of rotatable bonds is 9. The SMILES string of the molecule is CCC[C@@H](CO)[C@H](CC)OC(C)OCC. The Kier molecular flexibility index (Phi) is 9.06. The molecule has 3 heteroatoms. The van der Waals surface area contributed by atoms with Crippen LogP contribution in [0.4, 0.5) is 0 Å². The van der Waals surface area contributed by atoms with Crippen LogP contribution in [0.1, 0.15) is 47.0 Å². The van der Waals surface area contributed by atoms with Crippen molar-refractivity contribution < 1.29 is 14.6 Å². The highest BCUT2D eigenvalue weighted by atomic mass is 16.7. The molecule has 1 N–H and O–H groups in total. The maximum absolute atomic E-state index is 9.28. The van der Waals surface area contributed by atoms with Crippen LogP contribution in [0.25, 0.3) is 0 Å². The van der Waals surface area contributed by atoms with Crippen molar-refractivity contribution in [3.05, 3.63) is 0 Å². The van der Waals surface area contributed by atoms with Gasteiger partial charge >= 0.3 is 0 Å². The molecule has 0 aromatic rings. The van der Waals surface area contributed by atoms with Crippen molar-refractivity contribution in [2.75, 3.05) is 13.2 Å². The molecule has 0 saturated heterocycles. The Bertz CT molecular complexity index is 139. The van der Waals surface area contributed by atoms with Crippen LogP contribution >= 0.6 is 0 Å². The molecule has 0 amide bonds. The topological polar surface area (TPSA) is 38.7 Å². The van der Waals surface area contributed by atoms with Gasteiger partial charge in [0.2, 0.25) is 0 Å². The largest absolute Gasteiger partial charge is 0.396 e. The first-order chi connectivity index (χ1) is 7.19. The van der Waals surface area contributed by atoms with E-state index in [0.717, 1.165) is 19.3 Å². The predicted molar refractivity (Wildman–Crippen MR) is 61.7 cm³/mol. The van der Waals surface area contributed by atoms with Crippen LogP contribution in [0.15, 0.2) is 0 Å². The number of ether oxygens (including phenoxy) is 2. The van der Waals surface area contributed by atoms with Crippen LogP contribution in [-0.4, -0.2) is 30.7 Å². The van der Waals surface area contributed by atoms with E-state index in [1.165, 1.54) is 0 Å². The van der Waals surface area contributed by atoms with Crippen LogP contribution < -0.4 is 0 Å². The average molecular weight is 218 g/mol. The van der Waals surface area contributed by atoms with Gasteiger partial charge in [-0.1, -0.05) is 20.3 Å². The Morgan fingerprint density at radius 3 is 2.27 bits per heavy atom. The third-order valence-corrected chi connectivity index (χ3v) is 2.59. The fraction of sp³-hybridized carbons (Fsp3) is 1.00. The number of hydrogen-bond donors (Lipinski definition) is 1. The summed E-state index contributed by atoms with van der Waals surface area (Å²) in [5.41, 5.74) is 0. The van der Waals surface area contributed by atoms with Gasteiger partial charge < -0.3 is 14.6 Å². The number of aliphatic hydroxyl groups excluding tert-OH is 1. The third kappa shape index (κ3) is 6.13. The molecule has 0 bridgehead atoms. The summed E-state index contributed by atoms with van der Waals surface area (Å²) in [6, 6.07) is 0. The minimum Gasteiger partial charge on any atom is -0.396 e. The van der Waals surface area contributed by atoms with E-state index in [9.17, 15) is 5.11 Å². The second kappa shape index (κ2) is 9.13. The van der Waals surface area contributed by atoms with Gasteiger partial charge in [0.1, 0.15) is 0 Å². The molecule has 3 atom stereocenters. The van der Waals surface area contributed by atoms with Crippen LogP contribution in [0.2, 0.25) is 0 Å². The van der Waals surface area contributed by atoms with Gasteiger partial charge in [-0.05, 0) is 26.7 Å². The fourth-order valence-electron chi connectivity index (χ4n) is 1.83. The van der Waals surface area contributed by atoms with Crippen molar-refractivity contribution in [2.45, 2.75) is 59.4 Å². The fourth-order valence-corrected chi connectivity index (χ4v) is 1.83. The van der Waals surface area contributed by atoms with Crippen molar-refractivity contribution in [1.82, 2.24) is 0 Å². The van der Waals surface area contributed by atoms with Crippen molar-refractivity contribution in [2.24, 2.45) is 5.92 Å². The van der Waals surface area contributed by atoms with E-state index < -0.39 is 0 Å². The maximum Gasteiger partial charge on any atom is 0.155 e. The molecule has 15 heavy (non-hydrogen) atoms. The van der Waals surface area contributed by atoms with E-state index in [1.807, 2.05) is 13.8 Å². The second-order valence-electron chi connectivity index (χ2n) is 3.84.